The van der Waals surface area contributed by atoms with Crippen LogP contribution in [0.5, 0.6) is 0 Å². The number of likely N-dealkylation sites (tertiary alicyclic amines) is 1. The third kappa shape index (κ3) is 3.76. The first kappa shape index (κ1) is 19.2. The smallest absolute Gasteiger partial charge is 0.343 e. The highest BCUT2D eigenvalue weighted by molar-refractivity contribution is 5.81. The standard InChI is InChI=1S/C19H28NO3.ClH/c1-20(2)13-12-17(14-20)23-18(21)19(22,16-10-6-7-11-16)15-8-4-3-5-9-15;/h3-5,8-9,16-17,22H,6-7,10-14H2,1-2H3;1H/q+1;/p-1. The van der Waals surface area contributed by atoms with Crippen LogP contribution in [0.3, 0.4) is 0 Å². The molecule has 2 atom stereocenters. The van der Waals surface area contributed by atoms with E-state index in [1.807, 2.05) is 30.3 Å². The van der Waals surface area contributed by atoms with Gasteiger partial charge in [-0.05, 0) is 18.4 Å². The van der Waals surface area contributed by atoms with Gasteiger partial charge in [-0.3, -0.25) is 0 Å². The number of quaternary nitrogens is 1. The average molecular weight is 354 g/mol. The monoisotopic (exact) mass is 353 g/mol. The highest BCUT2D eigenvalue weighted by Gasteiger charge is 2.49. The predicted octanol–water partition coefficient (Wildman–Crippen LogP) is -0.540. The Bertz CT molecular complexity index is 557. The highest BCUT2D eigenvalue weighted by atomic mass is 35.5. The van der Waals surface area contributed by atoms with E-state index < -0.39 is 11.6 Å². The molecule has 0 bridgehead atoms. The van der Waals surface area contributed by atoms with E-state index in [1.165, 1.54) is 0 Å². The van der Waals surface area contributed by atoms with Crippen molar-refractivity contribution in [3.63, 3.8) is 0 Å². The van der Waals surface area contributed by atoms with E-state index in [1.54, 1.807) is 0 Å². The van der Waals surface area contributed by atoms with Gasteiger partial charge < -0.3 is 26.7 Å². The van der Waals surface area contributed by atoms with Crippen LogP contribution in [0.25, 0.3) is 0 Å². The maximum Gasteiger partial charge on any atom is 0.343 e. The lowest BCUT2D eigenvalue weighted by Gasteiger charge is -2.33. The Morgan fingerprint density at radius 1 is 1.17 bits per heavy atom. The number of halogens is 1. The van der Waals surface area contributed by atoms with Crippen LogP contribution in [0.15, 0.2) is 30.3 Å². The van der Waals surface area contributed by atoms with E-state index in [0.717, 1.165) is 49.7 Å². The van der Waals surface area contributed by atoms with E-state index in [2.05, 4.69) is 14.1 Å². The van der Waals surface area contributed by atoms with Gasteiger partial charge in [0.05, 0.1) is 20.6 Å². The minimum absolute atomic E-state index is 0. The second-order valence-corrected chi connectivity index (χ2v) is 7.77. The Kier molecular flexibility index (Phi) is 5.95. The molecule has 2 aliphatic rings. The molecule has 1 aliphatic carbocycles. The fraction of sp³-hybridized carbons (Fsp3) is 0.632. The van der Waals surface area contributed by atoms with Gasteiger partial charge in [-0.2, -0.15) is 0 Å². The summed E-state index contributed by atoms with van der Waals surface area (Å²) in [6.45, 7) is 1.83. The van der Waals surface area contributed by atoms with Gasteiger partial charge in [0, 0.05) is 12.3 Å². The highest BCUT2D eigenvalue weighted by Crippen LogP contribution is 2.42. The number of aliphatic hydroxyl groups is 1. The summed E-state index contributed by atoms with van der Waals surface area (Å²) in [7, 11) is 4.29. The number of ether oxygens (including phenoxy) is 1. The van der Waals surface area contributed by atoms with Crippen LogP contribution in [-0.4, -0.2) is 48.8 Å². The normalized spacial score (nSPS) is 25.7. The van der Waals surface area contributed by atoms with E-state index in [-0.39, 0.29) is 24.4 Å². The summed E-state index contributed by atoms with van der Waals surface area (Å²) in [5.41, 5.74) is -0.832. The quantitative estimate of drug-likeness (QED) is 0.584. The first-order chi connectivity index (χ1) is 10.9. The van der Waals surface area contributed by atoms with Crippen molar-refractivity contribution >= 4 is 5.97 Å². The summed E-state index contributed by atoms with van der Waals surface area (Å²) in [6, 6.07) is 9.33. The molecule has 0 radical (unpaired) electrons. The van der Waals surface area contributed by atoms with E-state index in [0.29, 0.717) is 5.56 Å². The molecule has 0 amide bonds. The second-order valence-electron chi connectivity index (χ2n) is 7.77. The lowest BCUT2D eigenvalue weighted by atomic mass is 9.80. The number of carbonyl (C=O) groups excluding carboxylic acids is 1. The molecule has 1 N–H and O–H groups in total. The lowest BCUT2D eigenvalue weighted by molar-refractivity contribution is -0.879. The molecular weight excluding hydrogens is 326 g/mol. The Hall–Kier alpha value is -1.10. The van der Waals surface area contributed by atoms with Crippen LogP contribution in [0.4, 0.5) is 0 Å². The minimum atomic E-state index is -1.50. The van der Waals surface area contributed by atoms with Crippen LogP contribution in [0.2, 0.25) is 0 Å². The van der Waals surface area contributed by atoms with Gasteiger partial charge in [-0.15, -0.1) is 0 Å². The lowest BCUT2D eigenvalue weighted by Crippen LogP contribution is -3.00. The van der Waals surface area contributed by atoms with Gasteiger partial charge >= 0.3 is 5.97 Å². The van der Waals surface area contributed by atoms with Crippen LogP contribution in [0.1, 0.15) is 37.7 Å². The van der Waals surface area contributed by atoms with Crippen molar-refractivity contribution in [3.8, 4) is 0 Å². The molecule has 1 saturated heterocycles. The Morgan fingerprint density at radius 2 is 1.79 bits per heavy atom. The molecule has 2 unspecified atom stereocenters. The number of hydrogen-bond donors (Lipinski definition) is 1. The zero-order chi connectivity index (χ0) is 16.5. The second kappa shape index (κ2) is 7.42. The summed E-state index contributed by atoms with van der Waals surface area (Å²) >= 11 is 0. The minimum Gasteiger partial charge on any atom is -1.00 e. The zero-order valence-electron chi connectivity index (χ0n) is 14.6. The third-order valence-corrected chi connectivity index (χ3v) is 5.50. The van der Waals surface area contributed by atoms with Crippen molar-refractivity contribution in [1.29, 1.82) is 0 Å². The first-order valence-corrected chi connectivity index (χ1v) is 8.73. The van der Waals surface area contributed by atoms with Crippen LogP contribution < -0.4 is 12.4 Å². The largest absolute Gasteiger partial charge is 1.00 e. The van der Waals surface area contributed by atoms with E-state index >= 15 is 0 Å². The summed E-state index contributed by atoms with van der Waals surface area (Å²) in [5, 5.41) is 11.4. The molecular formula is C19H28ClNO3. The molecule has 1 heterocycles. The summed E-state index contributed by atoms with van der Waals surface area (Å²) in [5.74, 6) is -0.496. The SMILES string of the molecule is C[N+]1(C)CCC(OC(=O)C(O)(c2ccccc2)C2CCCC2)C1.[Cl-]. The predicted molar refractivity (Wildman–Crippen MR) is 88.6 cm³/mol. The molecule has 0 spiro atoms. The van der Waals surface area contributed by atoms with Crippen molar-refractivity contribution in [2.45, 2.75) is 43.8 Å². The number of likely N-dealkylation sites (N-methyl/N-ethyl adjacent to an activating group) is 1. The molecule has 1 aromatic carbocycles. The number of hydrogen-bond acceptors (Lipinski definition) is 3. The van der Waals surface area contributed by atoms with Gasteiger partial charge in [-0.1, -0.05) is 43.2 Å². The molecule has 5 heteroatoms. The molecule has 1 saturated carbocycles. The van der Waals surface area contributed by atoms with Gasteiger partial charge in [0.25, 0.3) is 0 Å². The molecule has 134 valence electrons. The van der Waals surface area contributed by atoms with Gasteiger partial charge in [-0.25, -0.2) is 4.79 Å². The van der Waals surface area contributed by atoms with Crippen LogP contribution in [0, 0.1) is 5.92 Å². The van der Waals surface area contributed by atoms with Crippen LogP contribution in [-0.2, 0) is 15.1 Å². The molecule has 2 fully saturated rings. The summed E-state index contributed by atoms with van der Waals surface area (Å²) in [6.07, 6.45) is 4.68. The van der Waals surface area contributed by atoms with Gasteiger partial charge in [0.2, 0.25) is 0 Å². The average Bonchev–Trinajstić information content (AvgIpc) is 3.17. The molecule has 1 aliphatic heterocycles. The number of benzene rings is 1. The maximum absolute atomic E-state index is 12.9. The summed E-state index contributed by atoms with van der Waals surface area (Å²) < 4.78 is 6.64. The maximum atomic E-state index is 12.9. The molecule has 0 aromatic heterocycles. The Labute approximate surface area is 150 Å². The summed E-state index contributed by atoms with van der Waals surface area (Å²) in [4.78, 5) is 12.9. The van der Waals surface area contributed by atoms with E-state index in [4.69, 9.17) is 4.74 Å². The fourth-order valence-electron chi connectivity index (χ4n) is 4.12. The fourth-order valence-corrected chi connectivity index (χ4v) is 4.12. The van der Waals surface area contributed by atoms with Gasteiger partial charge in [0.15, 0.2) is 11.7 Å². The molecule has 4 nitrogen and oxygen atoms in total. The first-order valence-electron chi connectivity index (χ1n) is 8.73. The zero-order valence-corrected chi connectivity index (χ0v) is 15.3. The van der Waals surface area contributed by atoms with Crippen molar-refractivity contribution in [2.75, 3.05) is 27.2 Å². The van der Waals surface area contributed by atoms with E-state index in [9.17, 15) is 9.90 Å². The number of esters is 1. The van der Waals surface area contributed by atoms with Crippen molar-refractivity contribution in [2.24, 2.45) is 5.92 Å². The van der Waals surface area contributed by atoms with Gasteiger partial charge in [0.1, 0.15) is 6.54 Å². The number of rotatable bonds is 4. The van der Waals surface area contributed by atoms with Crippen LogP contribution >= 0.6 is 0 Å². The Balaban J connectivity index is 0.00000208. The Morgan fingerprint density at radius 3 is 2.33 bits per heavy atom. The molecule has 24 heavy (non-hydrogen) atoms. The van der Waals surface area contributed by atoms with Crippen molar-refractivity contribution in [3.05, 3.63) is 35.9 Å². The molecule has 1 aromatic rings. The number of nitrogens with zero attached hydrogens (tertiary/aromatic N) is 1. The topological polar surface area (TPSA) is 46.5 Å². The van der Waals surface area contributed by atoms with Crippen molar-refractivity contribution in [1.82, 2.24) is 0 Å². The third-order valence-electron chi connectivity index (χ3n) is 5.50. The van der Waals surface area contributed by atoms with Crippen molar-refractivity contribution < 1.29 is 31.5 Å². The number of carbonyl (C=O) groups is 1. The molecule has 3 rings (SSSR count).